The number of nitrogens with two attached hydrogens (primary N) is 1. The first-order valence-corrected chi connectivity index (χ1v) is 5.81. The predicted octanol–water partition coefficient (Wildman–Crippen LogP) is 2.67. The number of halogens is 3. The normalized spacial score (nSPS) is 23.6. The van der Waals surface area contributed by atoms with Gasteiger partial charge in [-0.1, -0.05) is 13.8 Å². The van der Waals surface area contributed by atoms with E-state index in [1.54, 1.807) is 0 Å². The summed E-state index contributed by atoms with van der Waals surface area (Å²) in [7, 11) is 0. The molecule has 0 radical (unpaired) electrons. The molecule has 1 aromatic rings. The van der Waals surface area contributed by atoms with Gasteiger partial charge < -0.3 is 5.73 Å². The third-order valence-corrected chi connectivity index (χ3v) is 2.65. The van der Waals surface area contributed by atoms with Gasteiger partial charge in [-0.25, -0.2) is 0 Å². The van der Waals surface area contributed by atoms with Crippen LogP contribution in [0.25, 0.3) is 0 Å². The van der Waals surface area contributed by atoms with E-state index in [4.69, 9.17) is 5.73 Å². The van der Waals surface area contributed by atoms with Gasteiger partial charge in [0, 0.05) is 18.8 Å². The first-order valence-electron chi connectivity index (χ1n) is 5.81. The summed E-state index contributed by atoms with van der Waals surface area (Å²) in [5.41, 5.74) is 4.76. The second kappa shape index (κ2) is 5.53. The minimum absolute atomic E-state index is 0.215. The molecule has 1 saturated carbocycles. The van der Waals surface area contributed by atoms with Crippen LogP contribution in [0.5, 0.6) is 0 Å². The molecule has 0 bridgehead atoms. The summed E-state index contributed by atoms with van der Waals surface area (Å²) >= 11 is 0. The molecule has 2 rings (SSSR count). The highest BCUT2D eigenvalue weighted by Crippen LogP contribution is 2.29. The van der Waals surface area contributed by atoms with Crippen molar-refractivity contribution in [3.05, 3.63) is 18.0 Å². The number of hydrogen-bond acceptors (Lipinski definition) is 2. The monoisotopic (exact) mass is 249 g/mol. The lowest BCUT2D eigenvalue weighted by Gasteiger charge is -2.32. The van der Waals surface area contributed by atoms with Crippen molar-refractivity contribution in [2.45, 2.75) is 45.5 Å². The van der Waals surface area contributed by atoms with Crippen LogP contribution in [0.2, 0.25) is 0 Å². The molecular formula is C11H18F3N3. The van der Waals surface area contributed by atoms with Crippen LogP contribution < -0.4 is 5.73 Å². The Kier molecular flexibility index (Phi) is 4.56. The molecule has 2 N–H and O–H groups in total. The summed E-state index contributed by atoms with van der Waals surface area (Å²) in [5.74, 6) is 0.376. The fourth-order valence-electron chi connectivity index (χ4n) is 1.82. The fraction of sp³-hybridized carbons (Fsp3) is 0.727. The predicted molar refractivity (Wildman–Crippen MR) is 59.3 cm³/mol. The summed E-state index contributed by atoms with van der Waals surface area (Å²) in [4.78, 5) is 0. The maximum atomic E-state index is 12.2. The lowest BCUT2D eigenvalue weighted by Crippen LogP contribution is -2.38. The maximum absolute atomic E-state index is 12.2. The number of rotatable bonds is 2. The Morgan fingerprint density at radius 3 is 2.41 bits per heavy atom. The summed E-state index contributed by atoms with van der Waals surface area (Å²) < 4.78 is 37.9. The molecule has 0 unspecified atom stereocenters. The van der Waals surface area contributed by atoms with Gasteiger partial charge in [0.15, 0.2) is 5.69 Å². The van der Waals surface area contributed by atoms with E-state index in [1.807, 2.05) is 13.8 Å². The third-order valence-electron chi connectivity index (χ3n) is 2.65. The van der Waals surface area contributed by atoms with Gasteiger partial charge in [-0.15, -0.1) is 0 Å². The molecular weight excluding hydrogens is 231 g/mol. The van der Waals surface area contributed by atoms with Crippen molar-refractivity contribution in [1.82, 2.24) is 9.78 Å². The molecule has 1 aliphatic rings. The Hall–Kier alpha value is -1.04. The zero-order valence-electron chi connectivity index (χ0n) is 10.0. The molecule has 1 heterocycles. The van der Waals surface area contributed by atoms with E-state index in [0.29, 0.717) is 12.5 Å². The average Bonchev–Trinajstić information content (AvgIpc) is 2.67. The first-order chi connectivity index (χ1) is 7.95. The van der Waals surface area contributed by atoms with Crippen molar-refractivity contribution in [2.75, 3.05) is 0 Å². The van der Waals surface area contributed by atoms with Gasteiger partial charge in [-0.2, -0.15) is 18.3 Å². The van der Waals surface area contributed by atoms with Gasteiger partial charge in [0.05, 0.1) is 0 Å². The highest BCUT2D eigenvalue weighted by molar-refractivity contribution is 5.03. The van der Waals surface area contributed by atoms with E-state index in [0.717, 1.165) is 18.9 Å². The molecule has 1 aromatic heterocycles. The van der Waals surface area contributed by atoms with Crippen LogP contribution in [-0.4, -0.2) is 15.8 Å². The SMILES string of the molecule is CC.NC1CC(Cn2ccc(C(F)(F)F)n2)C1. The molecule has 0 spiro atoms. The second-order valence-corrected chi connectivity index (χ2v) is 4.02. The third kappa shape index (κ3) is 3.73. The van der Waals surface area contributed by atoms with E-state index in [-0.39, 0.29) is 6.04 Å². The highest BCUT2D eigenvalue weighted by atomic mass is 19.4. The highest BCUT2D eigenvalue weighted by Gasteiger charge is 2.34. The Morgan fingerprint density at radius 1 is 1.41 bits per heavy atom. The molecule has 1 aliphatic carbocycles. The summed E-state index contributed by atoms with van der Waals surface area (Å²) in [6.07, 6.45) is -1.23. The number of alkyl halides is 3. The molecule has 6 heteroatoms. The van der Waals surface area contributed by atoms with Crippen molar-refractivity contribution in [1.29, 1.82) is 0 Å². The molecule has 17 heavy (non-hydrogen) atoms. The van der Waals surface area contributed by atoms with Gasteiger partial charge in [0.1, 0.15) is 0 Å². The van der Waals surface area contributed by atoms with Crippen LogP contribution in [-0.2, 0) is 12.7 Å². The van der Waals surface area contributed by atoms with Gasteiger partial charge in [0.25, 0.3) is 0 Å². The van der Waals surface area contributed by atoms with Crippen LogP contribution in [0.15, 0.2) is 12.3 Å². The van der Waals surface area contributed by atoms with E-state index >= 15 is 0 Å². The van der Waals surface area contributed by atoms with Crippen LogP contribution in [0.1, 0.15) is 32.4 Å². The van der Waals surface area contributed by atoms with Crippen molar-refractivity contribution < 1.29 is 13.2 Å². The van der Waals surface area contributed by atoms with E-state index in [1.165, 1.54) is 10.9 Å². The van der Waals surface area contributed by atoms with E-state index in [2.05, 4.69) is 5.10 Å². The average molecular weight is 249 g/mol. The van der Waals surface area contributed by atoms with Crippen LogP contribution in [0.4, 0.5) is 13.2 Å². The van der Waals surface area contributed by atoms with Crippen molar-refractivity contribution in [3.63, 3.8) is 0 Å². The van der Waals surface area contributed by atoms with Crippen LogP contribution in [0.3, 0.4) is 0 Å². The van der Waals surface area contributed by atoms with Crippen LogP contribution >= 0.6 is 0 Å². The molecule has 0 aliphatic heterocycles. The Balaban J connectivity index is 0.000000686. The second-order valence-electron chi connectivity index (χ2n) is 4.02. The Morgan fingerprint density at radius 2 is 2.00 bits per heavy atom. The molecule has 0 saturated heterocycles. The standard InChI is InChI=1S/C9H12F3N3.C2H6/c10-9(11,12)8-1-2-15(14-8)5-6-3-7(13)4-6;1-2/h1-2,6-7H,3-5,13H2;1-2H3. The van der Waals surface area contributed by atoms with E-state index < -0.39 is 11.9 Å². The summed E-state index contributed by atoms with van der Waals surface area (Å²) in [6.45, 7) is 4.53. The molecule has 0 aromatic carbocycles. The van der Waals surface area contributed by atoms with Gasteiger partial charge in [-0.3, -0.25) is 4.68 Å². The topological polar surface area (TPSA) is 43.8 Å². The minimum atomic E-state index is -4.35. The fourth-order valence-corrected chi connectivity index (χ4v) is 1.82. The maximum Gasteiger partial charge on any atom is 0.435 e. The smallest absolute Gasteiger partial charge is 0.328 e. The molecule has 1 fully saturated rings. The number of hydrogen-bond donors (Lipinski definition) is 1. The number of aromatic nitrogens is 2. The van der Waals surface area contributed by atoms with Crippen molar-refractivity contribution in [2.24, 2.45) is 11.7 Å². The minimum Gasteiger partial charge on any atom is -0.328 e. The van der Waals surface area contributed by atoms with Crippen molar-refractivity contribution >= 4 is 0 Å². The molecule has 0 amide bonds. The number of nitrogens with zero attached hydrogens (tertiary/aromatic N) is 2. The zero-order valence-corrected chi connectivity index (χ0v) is 10.0. The molecule has 98 valence electrons. The summed E-state index contributed by atoms with van der Waals surface area (Å²) in [5, 5.41) is 3.48. The van der Waals surface area contributed by atoms with Gasteiger partial charge in [-0.05, 0) is 24.8 Å². The quantitative estimate of drug-likeness (QED) is 0.875. The lowest BCUT2D eigenvalue weighted by atomic mass is 9.81. The molecule has 3 nitrogen and oxygen atoms in total. The zero-order chi connectivity index (χ0) is 13.1. The van der Waals surface area contributed by atoms with E-state index in [9.17, 15) is 13.2 Å². The molecule has 0 atom stereocenters. The van der Waals surface area contributed by atoms with Crippen molar-refractivity contribution in [3.8, 4) is 0 Å². The lowest BCUT2D eigenvalue weighted by molar-refractivity contribution is -0.141. The Bertz CT molecular complexity index is 340. The van der Waals surface area contributed by atoms with Gasteiger partial charge in [0.2, 0.25) is 0 Å². The first kappa shape index (κ1) is 14.0. The largest absolute Gasteiger partial charge is 0.435 e. The van der Waals surface area contributed by atoms with Crippen LogP contribution in [0, 0.1) is 5.92 Å². The summed E-state index contributed by atoms with van der Waals surface area (Å²) in [6, 6.07) is 1.21. The Labute approximate surface area is 98.8 Å². The van der Waals surface area contributed by atoms with Gasteiger partial charge >= 0.3 is 6.18 Å².